The molecule has 0 aliphatic carbocycles. The highest BCUT2D eigenvalue weighted by Gasteiger charge is 2.13. The normalized spacial score (nSPS) is 12.4. The van der Waals surface area contributed by atoms with Crippen LogP contribution in [0.4, 0.5) is 0 Å². The maximum atomic E-state index is 6.09. The van der Waals surface area contributed by atoms with Crippen molar-refractivity contribution < 1.29 is 0 Å². The van der Waals surface area contributed by atoms with Crippen LogP contribution in [-0.4, -0.2) is 9.97 Å². The maximum absolute atomic E-state index is 6.09. The molecule has 0 saturated heterocycles. The van der Waals surface area contributed by atoms with Crippen LogP contribution in [0.25, 0.3) is 0 Å². The molecule has 18 heavy (non-hydrogen) atoms. The molecule has 0 aliphatic heterocycles. The summed E-state index contributed by atoms with van der Waals surface area (Å²) < 4.78 is 0.919. The van der Waals surface area contributed by atoms with Gasteiger partial charge in [0.2, 0.25) is 0 Å². The second-order valence-electron chi connectivity index (χ2n) is 3.84. The van der Waals surface area contributed by atoms with Crippen LogP contribution in [-0.2, 0) is 6.42 Å². The molecule has 2 N–H and O–H groups in total. The average molecular weight is 347 g/mol. The van der Waals surface area contributed by atoms with Gasteiger partial charge in [-0.05, 0) is 40.0 Å². The summed E-state index contributed by atoms with van der Waals surface area (Å²) in [6.07, 6.45) is 5.65. The minimum absolute atomic E-state index is 0.286. The Morgan fingerprint density at radius 1 is 1.22 bits per heavy atom. The Morgan fingerprint density at radius 3 is 2.67 bits per heavy atom. The Morgan fingerprint density at radius 2 is 2.00 bits per heavy atom. The first-order valence-electron chi connectivity index (χ1n) is 5.22. The zero-order chi connectivity index (χ0) is 13.1. The number of aromatic nitrogens is 2. The van der Waals surface area contributed by atoms with Gasteiger partial charge in [0.05, 0.1) is 21.8 Å². The molecule has 0 saturated carbocycles. The van der Waals surface area contributed by atoms with E-state index in [0.717, 1.165) is 10.0 Å². The highest BCUT2D eigenvalue weighted by Crippen LogP contribution is 2.25. The lowest BCUT2D eigenvalue weighted by atomic mass is 10.1. The third-order valence-corrected chi connectivity index (χ3v) is 3.35. The van der Waals surface area contributed by atoms with Crippen molar-refractivity contribution in [1.29, 1.82) is 0 Å². The molecule has 1 atom stereocenters. The Kier molecular flexibility index (Phi) is 4.56. The second kappa shape index (κ2) is 5.97. The number of nitrogens with zero attached hydrogens (tertiary/aromatic N) is 2. The highest BCUT2D eigenvalue weighted by molar-refractivity contribution is 9.10. The van der Waals surface area contributed by atoms with Crippen molar-refractivity contribution in [3.63, 3.8) is 0 Å². The predicted octanol–water partition coefficient (Wildman–Crippen LogP) is 3.79. The van der Waals surface area contributed by atoms with E-state index >= 15 is 0 Å². The van der Waals surface area contributed by atoms with Crippen molar-refractivity contribution in [2.75, 3.05) is 0 Å². The summed E-state index contributed by atoms with van der Waals surface area (Å²) in [5.41, 5.74) is 7.75. The molecule has 6 heteroatoms. The van der Waals surface area contributed by atoms with Crippen molar-refractivity contribution in [3.05, 3.63) is 56.5 Å². The lowest BCUT2D eigenvalue weighted by Gasteiger charge is -2.12. The van der Waals surface area contributed by atoms with Gasteiger partial charge in [-0.15, -0.1) is 0 Å². The first-order chi connectivity index (χ1) is 8.56. The van der Waals surface area contributed by atoms with Crippen LogP contribution in [0.1, 0.15) is 17.3 Å². The summed E-state index contributed by atoms with van der Waals surface area (Å²) in [5, 5.41) is 0.984. The molecule has 1 unspecified atom stereocenters. The summed E-state index contributed by atoms with van der Waals surface area (Å²) in [5.74, 6) is 0. The van der Waals surface area contributed by atoms with Crippen LogP contribution in [0.15, 0.2) is 35.2 Å². The van der Waals surface area contributed by atoms with E-state index in [1.807, 2.05) is 6.07 Å². The fourth-order valence-corrected chi connectivity index (χ4v) is 2.55. The van der Waals surface area contributed by atoms with Crippen LogP contribution < -0.4 is 5.73 Å². The summed E-state index contributed by atoms with van der Waals surface area (Å²) in [7, 11) is 0. The molecular formula is C12H10BrCl2N3. The first kappa shape index (κ1) is 13.7. The molecule has 0 aliphatic rings. The van der Waals surface area contributed by atoms with Gasteiger partial charge in [0.15, 0.2) is 0 Å². The van der Waals surface area contributed by atoms with Crippen molar-refractivity contribution in [2.24, 2.45) is 5.73 Å². The number of rotatable bonds is 3. The van der Waals surface area contributed by atoms with Crippen LogP contribution in [0.2, 0.25) is 10.0 Å². The molecule has 94 valence electrons. The first-order valence-corrected chi connectivity index (χ1v) is 6.77. The second-order valence-corrected chi connectivity index (χ2v) is 5.60. The third-order valence-electron chi connectivity index (χ3n) is 2.40. The highest BCUT2D eigenvalue weighted by atomic mass is 79.9. The molecule has 0 fully saturated rings. The molecule has 0 amide bonds. The van der Waals surface area contributed by atoms with Gasteiger partial charge >= 0.3 is 0 Å². The Hall–Kier alpha value is -0.680. The topological polar surface area (TPSA) is 51.8 Å². The molecule has 0 spiro atoms. The quantitative estimate of drug-likeness (QED) is 0.919. The van der Waals surface area contributed by atoms with Gasteiger partial charge in [-0.1, -0.05) is 23.2 Å². The molecule has 0 bridgehead atoms. The van der Waals surface area contributed by atoms with Gasteiger partial charge < -0.3 is 5.73 Å². The van der Waals surface area contributed by atoms with E-state index in [1.54, 1.807) is 24.7 Å². The van der Waals surface area contributed by atoms with E-state index < -0.39 is 0 Å². The summed E-state index contributed by atoms with van der Waals surface area (Å²) in [4.78, 5) is 8.27. The molecule has 2 aromatic heterocycles. The predicted molar refractivity (Wildman–Crippen MR) is 76.8 cm³/mol. The van der Waals surface area contributed by atoms with E-state index in [0.29, 0.717) is 22.2 Å². The fourth-order valence-electron chi connectivity index (χ4n) is 1.62. The smallest absolute Gasteiger partial charge is 0.0761 e. The average Bonchev–Trinajstić information content (AvgIpc) is 2.28. The zero-order valence-electron chi connectivity index (χ0n) is 9.28. The fraction of sp³-hybridized carbons (Fsp3) is 0.167. The van der Waals surface area contributed by atoms with Crippen molar-refractivity contribution in [1.82, 2.24) is 9.97 Å². The lowest BCUT2D eigenvalue weighted by molar-refractivity contribution is 0.694. The van der Waals surface area contributed by atoms with Gasteiger partial charge in [-0.25, -0.2) is 0 Å². The van der Waals surface area contributed by atoms with Gasteiger partial charge in [-0.2, -0.15) is 0 Å². The Balaban J connectivity index is 2.19. The summed E-state index contributed by atoms with van der Waals surface area (Å²) in [6.45, 7) is 0. The minimum atomic E-state index is -0.286. The molecule has 0 radical (unpaired) electrons. The number of hydrogen-bond donors (Lipinski definition) is 1. The van der Waals surface area contributed by atoms with Gasteiger partial charge in [-0.3, -0.25) is 9.97 Å². The Labute approximate surface area is 123 Å². The standard InChI is InChI=1S/C12H10BrCl2N3/c13-8-1-7(4-17-5-8)2-11(16)12-10(15)3-9(14)6-18-12/h1,3-6,11H,2,16H2. The van der Waals surface area contributed by atoms with E-state index in [1.165, 1.54) is 0 Å². The van der Waals surface area contributed by atoms with Gasteiger partial charge in [0.1, 0.15) is 0 Å². The van der Waals surface area contributed by atoms with Gasteiger partial charge in [0, 0.05) is 23.1 Å². The molecule has 2 heterocycles. The van der Waals surface area contributed by atoms with Crippen molar-refractivity contribution >= 4 is 39.1 Å². The van der Waals surface area contributed by atoms with Gasteiger partial charge in [0.25, 0.3) is 0 Å². The Bertz CT molecular complexity index is 563. The SMILES string of the molecule is NC(Cc1cncc(Br)c1)c1ncc(Cl)cc1Cl. The molecule has 2 aromatic rings. The minimum Gasteiger partial charge on any atom is -0.322 e. The van der Waals surface area contributed by atoms with Crippen molar-refractivity contribution in [2.45, 2.75) is 12.5 Å². The van der Waals surface area contributed by atoms with Crippen LogP contribution >= 0.6 is 39.1 Å². The monoisotopic (exact) mass is 345 g/mol. The third kappa shape index (κ3) is 3.42. The van der Waals surface area contributed by atoms with E-state index in [-0.39, 0.29) is 6.04 Å². The van der Waals surface area contributed by atoms with E-state index in [9.17, 15) is 0 Å². The lowest BCUT2D eigenvalue weighted by Crippen LogP contribution is -2.15. The van der Waals surface area contributed by atoms with Crippen LogP contribution in [0.3, 0.4) is 0 Å². The van der Waals surface area contributed by atoms with Crippen LogP contribution in [0.5, 0.6) is 0 Å². The number of nitrogens with two attached hydrogens (primary N) is 1. The molecule has 3 nitrogen and oxygen atoms in total. The van der Waals surface area contributed by atoms with Crippen molar-refractivity contribution in [3.8, 4) is 0 Å². The number of halogens is 3. The summed E-state index contributed by atoms with van der Waals surface area (Å²) in [6, 6.07) is 3.33. The molecule has 0 aromatic carbocycles. The van der Waals surface area contributed by atoms with E-state index in [4.69, 9.17) is 28.9 Å². The largest absolute Gasteiger partial charge is 0.322 e. The zero-order valence-corrected chi connectivity index (χ0v) is 12.4. The summed E-state index contributed by atoms with van der Waals surface area (Å²) >= 11 is 15.2. The molecule has 2 rings (SSSR count). The van der Waals surface area contributed by atoms with E-state index in [2.05, 4.69) is 25.9 Å². The number of hydrogen-bond acceptors (Lipinski definition) is 3. The maximum Gasteiger partial charge on any atom is 0.0761 e. The van der Waals surface area contributed by atoms with Crippen LogP contribution in [0, 0.1) is 0 Å². The number of pyridine rings is 2. The molecular weight excluding hydrogens is 337 g/mol.